The van der Waals surface area contributed by atoms with Crippen LogP contribution in [0.3, 0.4) is 0 Å². The van der Waals surface area contributed by atoms with Crippen molar-refractivity contribution < 1.29 is 17.6 Å². The summed E-state index contributed by atoms with van der Waals surface area (Å²) in [6.45, 7) is 5.80. The quantitative estimate of drug-likeness (QED) is 0.790. The molecule has 0 spiro atoms. The minimum Gasteiger partial charge on any atom is -0.312 e. The second-order valence-electron chi connectivity index (χ2n) is 6.08. The number of amides is 1. The lowest BCUT2D eigenvalue weighted by atomic mass is 10.1. The second-order valence-corrected chi connectivity index (χ2v) is 8.14. The average molecular weight is 363 g/mol. The molecule has 134 valence electrons. The van der Waals surface area contributed by atoms with E-state index in [1.807, 2.05) is 32.0 Å². The Hall–Kier alpha value is -2.21. The largest absolute Gasteiger partial charge is 0.312 e. The molecule has 0 bridgehead atoms. The van der Waals surface area contributed by atoms with Crippen LogP contribution in [0.4, 0.5) is 10.1 Å². The van der Waals surface area contributed by atoms with Gasteiger partial charge in [-0.25, -0.2) is 12.8 Å². The summed E-state index contributed by atoms with van der Waals surface area (Å²) in [7, 11) is -3.61. The van der Waals surface area contributed by atoms with Crippen LogP contribution < -0.4 is 4.90 Å². The van der Waals surface area contributed by atoms with Crippen LogP contribution in [0.1, 0.15) is 23.6 Å². The normalized spacial score (nSPS) is 11.4. The third-order valence-corrected chi connectivity index (χ3v) is 5.42. The lowest BCUT2D eigenvalue weighted by Gasteiger charge is -2.21. The molecule has 0 atom stereocenters. The van der Waals surface area contributed by atoms with Gasteiger partial charge in [0, 0.05) is 12.2 Å². The Bertz CT molecular complexity index is 861. The fourth-order valence-electron chi connectivity index (χ4n) is 2.63. The van der Waals surface area contributed by atoms with E-state index in [2.05, 4.69) is 0 Å². The van der Waals surface area contributed by atoms with Gasteiger partial charge in [0.1, 0.15) is 11.6 Å². The highest BCUT2D eigenvalue weighted by Gasteiger charge is 2.23. The van der Waals surface area contributed by atoms with Crippen LogP contribution in [-0.4, -0.2) is 26.6 Å². The van der Waals surface area contributed by atoms with Gasteiger partial charge in [0.15, 0.2) is 9.84 Å². The van der Waals surface area contributed by atoms with Crippen molar-refractivity contribution in [1.29, 1.82) is 0 Å². The molecule has 1 amide bonds. The van der Waals surface area contributed by atoms with Crippen molar-refractivity contribution in [3.8, 4) is 0 Å². The van der Waals surface area contributed by atoms with E-state index in [-0.39, 0.29) is 5.75 Å². The maximum Gasteiger partial charge on any atom is 0.242 e. The Morgan fingerprint density at radius 1 is 1.08 bits per heavy atom. The van der Waals surface area contributed by atoms with Crippen LogP contribution in [0.5, 0.6) is 0 Å². The van der Waals surface area contributed by atoms with Crippen LogP contribution in [0.2, 0.25) is 0 Å². The van der Waals surface area contributed by atoms with Gasteiger partial charge in [-0.3, -0.25) is 4.79 Å². The molecule has 0 radical (unpaired) electrons. The first-order chi connectivity index (χ1) is 11.7. The summed E-state index contributed by atoms with van der Waals surface area (Å²) in [4.78, 5) is 13.8. The van der Waals surface area contributed by atoms with E-state index < -0.39 is 27.3 Å². The molecule has 2 aromatic rings. The molecule has 0 saturated heterocycles. The molecule has 0 unspecified atom stereocenters. The van der Waals surface area contributed by atoms with E-state index in [0.29, 0.717) is 17.8 Å². The van der Waals surface area contributed by atoms with Crippen molar-refractivity contribution in [1.82, 2.24) is 0 Å². The number of aryl methyl sites for hydroxylation is 2. The fraction of sp³-hybridized carbons (Fsp3) is 0.316. The number of rotatable bonds is 6. The first kappa shape index (κ1) is 19.1. The summed E-state index contributed by atoms with van der Waals surface area (Å²) < 4.78 is 38.0. The topological polar surface area (TPSA) is 54.5 Å². The molecule has 2 rings (SSSR count). The average Bonchev–Trinajstić information content (AvgIpc) is 2.52. The molecule has 0 heterocycles. The molecule has 4 nitrogen and oxygen atoms in total. The van der Waals surface area contributed by atoms with Gasteiger partial charge in [-0.1, -0.05) is 23.8 Å². The van der Waals surface area contributed by atoms with Gasteiger partial charge in [-0.15, -0.1) is 0 Å². The molecule has 0 aliphatic carbocycles. The molecule has 2 aromatic carbocycles. The predicted octanol–water partition coefficient (Wildman–Crippen LogP) is 3.41. The third-order valence-electron chi connectivity index (χ3n) is 3.98. The highest BCUT2D eigenvalue weighted by Crippen LogP contribution is 2.18. The van der Waals surface area contributed by atoms with Gasteiger partial charge in [0.05, 0.1) is 5.75 Å². The van der Waals surface area contributed by atoms with Gasteiger partial charge < -0.3 is 4.90 Å². The Labute approximate surface area is 148 Å². The SMILES string of the molecule is CCN(C(=O)CS(=O)(=O)Cc1cc(C)ccc1C)c1ccc(F)cc1. The number of halogens is 1. The number of anilines is 1. The zero-order valence-corrected chi connectivity index (χ0v) is 15.4. The Balaban J connectivity index is 2.16. The third kappa shape index (κ3) is 5.13. The fourth-order valence-corrected chi connectivity index (χ4v) is 4.05. The Kier molecular flexibility index (Phi) is 5.95. The molecule has 0 N–H and O–H groups in total. The number of hydrogen-bond acceptors (Lipinski definition) is 3. The number of sulfone groups is 1. The van der Waals surface area contributed by atoms with Crippen molar-refractivity contribution >= 4 is 21.4 Å². The van der Waals surface area contributed by atoms with Crippen molar-refractivity contribution in [3.63, 3.8) is 0 Å². The second kappa shape index (κ2) is 7.78. The van der Waals surface area contributed by atoms with E-state index >= 15 is 0 Å². The highest BCUT2D eigenvalue weighted by atomic mass is 32.2. The van der Waals surface area contributed by atoms with Crippen molar-refractivity contribution in [2.75, 3.05) is 17.2 Å². The monoisotopic (exact) mass is 363 g/mol. The van der Waals surface area contributed by atoms with Gasteiger partial charge in [0.2, 0.25) is 5.91 Å². The molecule has 0 saturated carbocycles. The minimum atomic E-state index is -3.61. The van der Waals surface area contributed by atoms with Crippen LogP contribution in [0.15, 0.2) is 42.5 Å². The van der Waals surface area contributed by atoms with Gasteiger partial charge in [-0.05, 0) is 56.2 Å². The van der Waals surface area contributed by atoms with Gasteiger partial charge in [0.25, 0.3) is 0 Å². The minimum absolute atomic E-state index is 0.173. The van der Waals surface area contributed by atoms with Crippen molar-refractivity contribution in [2.24, 2.45) is 0 Å². The molecule has 0 aliphatic rings. The zero-order chi connectivity index (χ0) is 18.6. The predicted molar refractivity (Wildman–Crippen MR) is 97.8 cm³/mol. The molecule has 25 heavy (non-hydrogen) atoms. The first-order valence-electron chi connectivity index (χ1n) is 8.04. The zero-order valence-electron chi connectivity index (χ0n) is 14.6. The molecule has 0 aliphatic heterocycles. The Morgan fingerprint density at radius 3 is 2.32 bits per heavy atom. The first-order valence-corrected chi connectivity index (χ1v) is 9.86. The van der Waals surface area contributed by atoms with Gasteiger partial charge >= 0.3 is 0 Å². The maximum atomic E-state index is 13.0. The summed E-state index contributed by atoms with van der Waals surface area (Å²) in [6, 6.07) is 11.0. The number of hydrogen-bond donors (Lipinski definition) is 0. The van der Waals surface area contributed by atoms with Crippen molar-refractivity contribution in [2.45, 2.75) is 26.5 Å². The summed E-state index contributed by atoms with van der Waals surface area (Å²) in [5, 5.41) is 0. The van der Waals surface area contributed by atoms with Crippen LogP contribution in [-0.2, 0) is 20.4 Å². The standard InChI is InChI=1S/C19H22FNO3S/c1-4-21(18-9-7-17(20)8-10-18)19(22)13-25(23,24)12-16-11-14(2)5-6-15(16)3/h5-11H,4,12-13H2,1-3H3. The van der Waals surface area contributed by atoms with Crippen LogP contribution >= 0.6 is 0 Å². The summed E-state index contributed by atoms with van der Waals surface area (Å²) in [6.07, 6.45) is 0. The summed E-state index contributed by atoms with van der Waals surface area (Å²) in [5.41, 5.74) is 3.05. The molecule has 0 aromatic heterocycles. The van der Waals surface area contributed by atoms with E-state index in [1.165, 1.54) is 29.2 Å². The van der Waals surface area contributed by atoms with Crippen LogP contribution in [0, 0.1) is 19.7 Å². The van der Waals surface area contributed by atoms with E-state index in [9.17, 15) is 17.6 Å². The number of carbonyl (C=O) groups excluding carboxylic acids is 1. The molecular formula is C19H22FNO3S. The van der Waals surface area contributed by atoms with Crippen LogP contribution in [0.25, 0.3) is 0 Å². The molecule has 0 fully saturated rings. The van der Waals surface area contributed by atoms with Gasteiger partial charge in [-0.2, -0.15) is 0 Å². The molecular weight excluding hydrogens is 341 g/mol. The number of carbonyl (C=O) groups is 1. The number of benzene rings is 2. The summed E-state index contributed by atoms with van der Waals surface area (Å²) in [5.74, 6) is -1.67. The van der Waals surface area contributed by atoms with E-state index in [4.69, 9.17) is 0 Å². The lowest BCUT2D eigenvalue weighted by molar-refractivity contribution is -0.116. The highest BCUT2D eigenvalue weighted by molar-refractivity contribution is 7.91. The van der Waals surface area contributed by atoms with Crippen molar-refractivity contribution in [3.05, 3.63) is 65.0 Å². The Morgan fingerprint density at radius 2 is 1.72 bits per heavy atom. The smallest absolute Gasteiger partial charge is 0.242 e. The maximum absolute atomic E-state index is 13.0. The summed E-state index contributed by atoms with van der Waals surface area (Å²) >= 11 is 0. The van der Waals surface area contributed by atoms with E-state index in [1.54, 1.807) is 6.92 Å². The number of nitrogens with zero attached hydrogens (tertiary/aromatic N) is 1. The molecule has 6 heteroatoms. The lowest BCUT2D eigenvalue weighted by Crippen LogP contribution is -2.36. The van der Waals surface area contributed by atoms with E-state index in [0.717, 1.165) is 11.1 Å².